The Kier molecular flexibility index (Phi) is 4.27. The average molecular weight is 364 g/mol. The van der Waals surface area contributed by atoms with Crippen molar-refractivity contribution in [3.8, 4) is 5.75 Å². The van der Waals surface area contributed by atoms with Gasteiger partial charge in [0.25, 0.3) is 5.91 Å². The topological polar surface area (TPSA) is 74.8 Å². The third-order valence-electron chi connectivity index (χ3n) is 4.98. The first-order chi connectivity index (χ1) is 13.1. The number of methoxy groups -OCH3 is 1. The molecule has 0 saturated heterocycles. The molecule has 0 spiro atoms. The van der Waals surface area contributed by atoms with E-state index in [1.807, 2.05) is 36.4 Å². The van der Waals surface area contributed by atoms with Crippen molar-refractivity contribution in [2.45, 2.75) is 12.6 Å². The lowest BCUT2D eigenvalue weighted by molar-refractivity contribution is -0.126. The second kappa shape index (κ2) is 6.75. The number of amides is 3. The van der Waals surface area contributed by atoms with Gasteiger partial charge < -0.3 is 15.0 Å². The zero-order valence-corrected chi connectivity index (χ0v) is 15.2. The Balaban J connectivity index is 1.71. The predicted molar refractivity (Wildman–Crippen MR) is 98.7 cm³/mol. The highest BCUT2D eigenvalue weighted by Gasteiger charge is 2.43. The maximum absolute atomic E-state index is 13.2. The largest absolute Gasteiger partial charge is 0.496 e. The predicted octanol–water partition coefficient (Wildman–Crippen LogP) is 2.08. The summed E-state index contributed by atoms with van der Waals surface area (Å²) in [4.78, 5) is 33.1. The summed E-state index contributed by atoms with van der Waals surface area (Å²) in [5, 5.41) is 2.93. The van der Waals surface area contributed by atoms with E-state index < -0.39 is 6.04 Å². The standard InChI is InChI=1S/C20H20N4O3/c1-23-15-12-24(11-13-6-5-9-21-10-13)19(25)17(15)18(22-20(23)26)14-7-3-4-8-16(14)27-2/h3-10,18H,11-12H2,1-2H3,(H,22,26). The number of carbonyl (C=O) groups excluding carboxylic acids is 2. The Labute approximate surface area is 157 Å². The highest BCUT2D eigenvalue weighted by Crippen LogP contribution is 2.39. The molecule has 138 valence electrons. The van der Waals surface area contributed by atoms with E-state index in [1.165, 1.54) is 4.90 Å². The summed E-state index contributed by atoms with van der Waals surface area (Å²) >= 11 is 0. The number of ether oxygens (including phenoxy) is 1. The fourth-order valence-corrected chi connectivity index (χ4v) is 3.60. The number of carbonyl (C=O) groups is 2. The molecular formula is C20H20N4O3. The molecule has 1 aromatic carbocycles. The Morgan fingerprint density at radius 1 is 1.22 bits per heavy atom. The van der Waals surface area contributed by atoms with Gasteiger partial charge in [0.05, 0.1) is 31.0 Å². The summed E-state index contributed by atoms with van der Waals surface area (Å²) in [7, 11) is 3.26. The zero-order chi connectivity index (χ0) is 19.0. The van der Waals surface area contributed by atoms with E-state index in [-0.39, 0.29) is 11.9 Å². The normalized spacial score (nSPS) is 19.3. The number of pyridine rings is 1. The number of urea groups is 1. The van der Waals surface area contributed by atoms with Gasteiger partial charge in [-0.25, -0.2) is 4.79 Å². The van der Waals surface area contributed by atoms with Gasteiger partial charge in [0.2, 0.25) is 0 Å². The maximum atomic E-state index is 13.2. The summed E-state index contributed by atoms with van der Waals surface area (Å²) in [6.45, 7) is 0.832. The molecule has 3 amide bonds. The molecule has 27 heavy (non-hydrogen) atoms. The van der Waals surface area contributed by atoms with E-state index in [1.54, 1.807) is 31.5 Å². The van der Waals surface area contributed by atoms with Gasteiger partial charge in [-0.3, -0.25) is 14.7 Å². The van der Waals surface area contributed by atoms with Crippen molar-refractivity contribution in [2.75, 3.05) is 20.7 Å². The van der Waals surface area contributed by atoms with Crippen LogP contribution in [0.25, 0.3) is 0 Å². The number of nitrogens with one attached hydrogen (secondary N) is 1. The van der Waals surface area contributed by atoms with Crippen molar-refractivity contribution in [2.24, 2.45) is 0 Å². The minimum atomic E-state index is -0.536. The van der Waals surface area contributed by atoms with Gasteiger partial charge >= 0.3 is 6.03 Å². The van der Waals surface area contributed by atoms with E-state index in [0.717, 1.165) is 16.8 Å². The van der Waals surface area contributed by atoms with Crippen LogP contribution in [0.4, 0.5) is 4.79 Å². The van der Waals surface area contributed by atoms with Crippen molar-refractivity contribution in [1.29, 1.82) is 0 Å². The van der Waals surface area contributed by atoms with Crippen molar-refractivity contribution in [3.05, 3.63) is 71.2 Å². The van der Waals surface area contributed by atoms with Gasteiger partial charge in [0.1, 0.15) is 5.75 Å². The highest BCUT2D eigenvalue weighted by atomic mass is 16.5. The molecular weight excluding hydrogens is 344 g/mol. The second-order valence-corrected chi connectivity index (χ2v) is 6.57. The Bertz CT molecular complexity index is 926. The van der Waals surface area contributed by atoms with Gasteiger partial charge in [0, 0.05) is 31.5 Å². The summed E-state index contributed by atoms with van der Waals surface area (Å²) < 4.78 is 5.45. The number of benzene rings is 1. The molecule has 0 saturated carbocycles. The smallest absolute Gasteiger partial charge is 0.322 e. The number of nitrogens with zero attached hydrogens (tertiary/aromatic N) is 3. The molecule has 0 bridgehead atoms. The van der Waals surface area contributed by atoms with Gasteiger partial charge in [0.15, 0.2) is 0 Å². The average Bonchev–Trinajstić information content (AvgIpc) is 3.02. The number of hydrogen-bond acceptors (Lipinski definition) is 4. The van der Waals surface area contributed by atoms with E-state index in [2.05, 4.69) is 10.3 Å². The first kappa shape index (κ1) is 17.1. The molecule has 3 heterocycles. The zero-order valence-electron chi connectivity index (χ0n) is 15.2. The maximum Gasteiger partial charge on any atom is 0.322 e. The van der Waals surface area contributed by atoms with E-state index in [0.29, 0.717) is 24.4 Å². The van der Waals surface area contributed by atoms with Crippen LogP contribution in [-0.4, -0.2) is 47.4 Å². The van der Waals surface area contributed by atoms with Gasteiger partial charge in [-0.15, -0.1) is 0 Å². The number of hydrogen-bond donors (Lipinski definition) is 1. The molecule has 0 fully saturated rings. The summed E-state index contributed by atoms with van der Waals surface area (Å²) in [5.74, 6) is 0.550. The summed E-state index contributed by atoms with van der Waals surface area (Å²) in [5.41, 5.74) is 3.03. The molecule has 1 atom stereocenters. The van der Waals surface area contributed by atoms with Crippen LogP contribution in [0.1, 0.15) is 17.2 Å². The minimum absolute atomic E-state index is 0.0865. The van der Waals surface area contributed by atoms with Crippen LogP contribution in [0.2, 0.25) is 0 Å². The first-order valence-electron chi connectivity index (χ1n) is 8.68. The van der Waals surface area contributed by atoms with Gasteiger partial charge in [-0.2, -0.15) is 0 Å². The second-order valence-electron chi connectivity index (χ2n) is 6.57. The SMILES string of the molecule is COc1ccccc1C1NC(=O)N(C)C2=C1C(=O)N(Cc1cccnc1)C2. The molecule has 2 aliphatic rings. The van der Waals surface area contributed by atoms with Crippen LogP contribution in [0.15, 0.2) is 60.1 Å². The number of aromatic nitrogens is 1. The van der Waals surface area contributed by atoms with Crippen LogP contribution in [-0.2, 0) is 11.3 Å². The van der Waals surface area contributed by atoms with Crippen molar-refractivity contribution >= 4 is 11.9 Å². The van der Waals surface area contributed by atoms with Crippen molar-refractivity contribution < 1.29 is 14.3 Å². The molecule has 0 radical (unpaired) electrons. The third kappa shape index (κ3) is 2.91. The Morgan fingerprint density at radius 3 is 2.78 bits per heavy atom. The summed E-state index contributed by atoms with van der Waals surface area (Å²) in [6, 6.07) is 10.4. The lowest BCUT2D eigenvalue weighted by Crippen LogP contribution is -2.45. The van der Waals surface area contributed by atoms with Crippen LogP contribution in [0.3, 0.4) is 0 Å². The molecule has 1 unspecified atom stereocenters. The Hall–Kier alpha value is -3.35. The van der Waals surface area contributed by atoms with Gasteiger partial charge in [-0.1, -0.05) is 24.3 Å². The fraction of sp³-hybridized carbons (Fsp3) is 0.250. The molecule has 7 heteroatoms. The van der Waals surface area contributed by atoms with Gasteiger partial charge in [-0.05, 0) is 17.7 Å². The van der Waals surface area contributed by atoms with E-state index in [9.17, 15) is 9.59 Å². The molecule has 1 N–H and O–H groups in total. The number of para-hydroxylation sites is 1. The molecule has 4 rings (SSSR count). The van der Waals surface area contributed by atoms with Crippen LogP contribution >= 0.6 is 0 Å². The summed E-state index contributed by atoms with van der Waals surface area (Å²) in [6.07, 6.45) is 3.45. The molecule has 2 aliphatic heterocycles. The third-order valence-corrected chi connectivity index (χ3v) is 4.98. The number of likely N-dealkylation sites (N-methyl/N-ethyl adjacent to an activating group) is 1. The van der Waals surface area contributed by atoms with Crippen LogP contribution in [0, 0.1) is 0 Å². The van der Waals surface area contributed by atoms with E-state index in [4.69, 9.17) is 4.74 Å². The quantitative estimate of drug-likeness (QED) is 0.901. The van der Waals surface area contributed by atoms with Crippen LogP contribution in [0.5, 0.6) is 5.75 Å². The lowest BCUT2D eigenvalue weighted by atomic mass is 9.95. The first-order valence-corrected chi connectivity index (χ1v) is 8.68. The van der Waals surface area contributed by atoms with E-state index >= 15 is 0 Å². The Morgan fingerprint density at radius 2 is 2.04 bits per heavy atom. The lowest BCUT2D eigenvalue weighted by Gasteiger charge is -2.31. The minimum Gasteiger partial charge on any atom is -0.496 e. The molecule has 7 nitrogen and oxygen atoms in total. The van der Waals surface area contributed by atoms with Crippen molar-refractivity contribution in [3.63, 3.8) is 0 Å². The molecule has 2 aromatic rings. The number of rotatable bonds is 4. The van der Waals surface area contributed by atoms with Crippen LogP contribution < -0.4 is 10.1 Å². The monoisotopic (exact) mass is 364 g/mol. The highest BCUT2D eigenvalue weighted by molar-refractivity contribution is 6.01. The van der Waals surface area contributed by atoms with Crippen molar-refractivity contribution in [1.82, 2.24) is 20.1 Å². The molecule has 0 aliphatic carbocycles. The fourth-order valence-electron chi connectivity index (χ4n) is 3.60. The molecule has 1 aromatic heterocycles.